The summed E-state index contributed by atoms with van der Waals surface area (Å²) in [6.45, 7) is 0. The molecule has 0 saturated heterocycles. The van der Waals surface area contributed by atoms with Crippen LogP contribution in [0.2, 0.25) is 0 Å². The fourth-order valence-electron chi connectivity index (χ4n) is 0.731. The summed E-state index contributed by atoms with van der Waals surface area (Å²) in [7, 11) is 0. The van der Waals surface area contributed by atoms with E-state index in [4.69, 9.17) is 5.26 Å². The van der Waals surface area contributed by atoms with Crippen LogP contribution in [0.5, 0.6) is 0 Å². The van der Waals surface area contributed by atoms with Crippen LogP contribution in [0.1, 0.15) is 15.9 Å². The zero-order valence-corrected chi connectivity index (χ0v) is 9.83. The summed E-state index contributed by atoms with van der Waals surface area (Å²) in [4.78, 5) is 14.8. The molecule has 0 atom stereocenters. The number of hydrogen-bond donors (Lipinski definition) is 0. The van der Waals surface area contributed by atoms with Crippen molar-refractivity contribution in [2.24, 2.45) is 0 Å². The minimum Gasteiger partial charge on any atom is -0.293 e. The number of rotatable bonds is 2. The lowest BCUT2D eigenvalue weighted by Gasteiger charge is -1.94. The number of hydrogen-bond acceptors (Lipinski definition) is 3. The Bertz CT molecular complexity index is 346. The maximum atomic E-state index is 11.1. The standard InChI is InChI=1S/C8H5BrN2O.BrH/c9-2-8(12)7-1-6(3-10)4-11-5-7;/h1,4-5H,2H2;1H. The fraction of sp³-hybridized carbons (Fsp3) is 0.125. The molecule has 1 heterocycles. The first kappa shape index (κ1) is 12.3. The van der Waals surface area contributed by atoms with Gasteiger partial charge >= 0.3 is 0 Å². The minimum absolute atomic E-state index is 0. The summed E-state index contributed by atoms with van der Waals surface area (Å²) < 4.78 is 0. The quantitative estimate of drug-likeness (QED) is 0.621. The minimum atomic E-state index is -0.0698. The number of aromatic nitrogens is 1. The van der Waals surface area contributed by atoms with Crippen molar-refractivity contribution in [1.29, 1.82) is 5.26 Å². The number of ketones is 1. The molecule has 0 aromatic carbocycles. The molecule has 3 nitrogen and oxygen atoms in total. The van der Waals surface area contributed by atoms with Gasteiger partial charge in [-0.3, -0.25) is 9.78 Å². The molecule has 68 valence electrons. The predicted octanol–water partition coefficient (Wildman–Crippen LogP) is 2.11. The van der Waals surface area contributed by atoms with Crippen molar-refractivity contribution in [2.75, 3.05) is 5.33 Å². The second-order valence-corrected chi connectivity index (χ2v) is 2.69. The van der Waals surface area contributed by atoms with Crippen LogP contribution < -0.4 is 0 Å². The Labute approximate surface area is 94.7 Å². The zero-order chi connectivity index (χ0) is 8.97. The van der Waals surface area contributed by atoms with Gasteiger partial charge in [-0.05, 0) is 6.07 Å². The molecule has 0 aliphatic carbocycles. The number of nitrogens with zero attached hydrogens (tertiary/aromatic N) is 2. The van der Waals surface area contributed by atoms with Gasteiger partial charge in [0.2, 0.25) is 0 Å². The summed E-state index contributed by atoms with van der Waals surface area (Å²) in [5, 5.41) is 8.76. The molecule has 1 aromatic rings. The maximum absolute atomic E-state index is 11.1. The Morgan fingerprint density at radius 1 is 1.62 bits per heavy atom. The molecule has 0 fully saturated rings. The van der Waals surface area contributed by atoms with Crippen LogP contribution in [-0.4, -0.2) is 16.1 Å². The van der Waals surface area contributed by atoms with Crippen LogP contribution in [0, 0.1) is 11.3 Å². The first-order valence-electron chi connectivity index (χ1n) is 3.22. The van der Waals surface area contributed by atoms with Gasteiger partial charge in [0.1, 0.15) is 6.07 Å². The van der Waals surface area contributed by atoms with Crippen molar-refractivity contribution in [1.82, 2.24) is 4.98 Å². The molecule has 0 aliphatic rings. The average Bonchev–Trinajstić information content (AvgIpc) is 2.17. The predicted molar refractivity (Wildman–Crippen MR) is 57.4 cm³/mol. The Hall–Kier alpha value is -0.730. The van der Waals surface area contributed by atoms with Crippen LogP contribution in [0.25, 0.3) is 0 Å². The first-order valence-corrected chi connectivity index (χ1v) is 4.34. The van der Waals surface area contributed by atoms with Gasteiger partial charge in [-0.15, -0.1) is 17.0 Å². The van der Waals surface area contributed by atoms with E-state index in [9.17, 15) is 4.79 Å². The molecule has 1 rings (SSSR count). The number of carbonyl (C=O) groups is 1. The van der Waals surface area contributed by atoms with Crippen molar-refractivity contribution in [3.8, 4) is 6.07 Å². The number of carbonyl (C=O) groups excluding carboxylic acids is 1. The number of nitriles is 1. The summed E-state index contributed by atoms with van der Waals surface area (Å²) >= 11 is 3.04. The Morgan fingerprint density at radius 3 is 2.85 bits per heavy atom. The molecule has 0 spiro atoms. The topological polar surface area (TPSA) is 53.8 Å². The van der Waals surface area contributed by atoms with Crippen LogP contribution in [-0.2, 0) is 0 Å². The highest BCUT2D eigenvalue weighted by Gasteiger charge is 2.04. The highest BCUT2D eigenvalue weighted by Crippen LogP contribution is 2.03. The normalized spacial score (nSPS) is 8.31. The first-order chi connectivity index (χ1) is 5.77. The SMILES string of the molecule is Br.N#Cc1cncc(C(=O)CBr)c1. The number of pyridine rings is 1. The van der Waals surface area contributed by atoms with E-state index in [2.05, 4.69) is 20.9 Å². The lowest BCUT2D eigenvalue weighted by atomic mass is 10.2. The molecule has 5 heteroatoms. The summed E-state index contributed by atoms with van der Waals surface area (Å²) in [5.74, 6) is -0.0698. The molecule has 0 bridgehead atoms. The van der Waals surface area contributed by atoms with Crippen LogP contribution >= 0.6 is 32.9 Å². The third-order valence-corrected chi connectivity index (χ3v) is 1.82. The van der Waals surface area contributed by atoms with Crippen LogP contribution in [0.4, 0.5) is 0 Å². The largest absolute Gasteiger partial charge is 0.293 e. The summed E-state index contributed by atoms with van der Waals surface area (Å²) in [6, 6.07) is 3.44. The van der Waals surface area contributed by atoms with Crippen LogP contribution in [0.3, 0.4) is 0 Å². The highest BCUT2D eigenvalue weighted by atomic mass is 79.9. The lowest BCUT2D eigenvalue weighted by Crippen LogP contribution is -2.00. The number of Topliss-reactive ketones (excluding diaryl/α,β-unsaturated/α-hetero) is 1. The van der Waals surface area contributed by atoms with E-state index in [1.54, 1.807) is 0 Å². The molecular formula is C8H6Br2N2O. The monoisotopic (exact) mass is 304 g/mol. The van der Waals surface area contributed by atoms with Gasteiger partial charge in [-0.25, -0.2) is 0 Å². The van der Waals surface area contributed by atoms with Gasteiger partial charge in [0.15, 0.2) is 5.78 Å². The number of halogens is 2. The van der Waals surface area contributed by atoms with Crippen molar-refractivity contribution >= 4 is 38.7 Å². The van der Waals surface area contributed by atoms with Gasteiger partial charge in [0.05, 0.1) is 10.9 Å². The van der Waals surface area contributed by atoms with E-state index >= 15 is 0 Å². The van der Waals surface area contributed by atoms with E-state index in [1.807, 2.05) is 6.07 Å². The third kappa shape index (κ3) is 3.25. The van der Waals surface area contributed by atoms with Crippen molar-refractivity contribution in [2.45, 2.75) is 0 Å². The van der Waals surface area contributed by atoms with Gasteiger partial charge in [0, 0.05) is 18.0 Å². The van der Waals surface area contributed by atoms with Crippen molar-refractivity contribution < 1.29 is 4.79 Å². The van der Waals surface area contributed by atoms with E-state index in [1.165, 1.54) is 18.5 Å². The fourth-order valence-corrected chi connectivity index (χ4v) is 1.05. The third-order valence-electron chi connectivity index (χ3n) is 1.31. The Balaban J connectivity index is 0.00000144. The molecule has 0 unspecified atom stereocenters. The van der Waals surface area contributed by atoms with Gasteiger partial charge in [0.25, 0.3) is 0 Å². The lowest BCUT2D eigenvalue weighted by molar-refractivity contribution is 0.102. The Kier molecular flexibility index (Phi) is 5.51. The average molecular weight is 306 g/mol. The van der Waals surface area contributed by atoms with Gasteiger partial charge < -0.3 is 0 Å². The zero-order valence-electron chi connectivity index (χ0n) is 6.53. The summed E-state index contributed by atoms with van der Waals surface area (Å²) in [6.07, 6.45) is 2.87. The second kappa shape index (κ2) is 5.84. The van der Waals surface area contributed by atoms with Gasteiger partial charge in [-0.1, -0.05) is 15.9 Å². The van der Waals surface area contributed by atoms with Crippen molar-refractivity contribution in [3.05, 3.63) is 29.6 Å². The Morgan fingerprint density at radius 2 is 2.31 bits per heavy atom. The molecule has 0 radical (unpaired) electrons. The van der Waals surface area contributed by atoms with E-state index in [0.29, 0.717) is 11.1 Å². The number of alkyl halides is 1. The second-order valence-electron chi connectivity index (χ2n) is 2.13. The van der Waals surface area contributed by atoms with Gasteiger partial charge in [-0.2, -0.15) is 5.26 Å². The van der Waals surface area contributed by atoms with Crippen LogP contribution in [0.15, 0.2) is 18.5 Å². The smallest absolute Gasteiger partial charge is 0.174 e. The molecule has 0 amide bonds. The highest BCUT2D eigenvalue weighted by molar-refractivity contribution is 9.09. The molecule has 0 N–H and O–H groups in total. The molecule has 0 aliphatic heterocycles. The summed E-state index contributed by atoms with van der Waals surface area (Å²) in [5.41, 5.74) is 0.868. The van der Waals surface area contributed by atoms with E-state index < -0.39 is 0 Å². The molecule has 0 saturated carbocycles. The van der Waals surface area contributed by atoms with Crippen molar-refractivity contribution in [3.63, 3.8) is 0 Å². The molecule has 13 heavy (non-hydrogen) atoms. The molecular weight excluding hydrogens is 300 g/mol. The molecule has 1 aromatic heterocycles. The van der Waals surface area contributed by atoms with E-state index in [-0.39, 0.29) is 28.1 Å². The maximum Gasteiger partial charge on any atom is 0.174 e. The van der Waals surface area contributed by atoms with E-state index in [0.717, 1.165) is 0 Å².